The zero-order valence-corrected chi connectivity index (χ0v) is 18.4. The van der Waals surface area contributed by atoms with E-state index in [9.17, 15) is 13.2 Å². The van der Waals surface area contributed by atoms with E-state index in [-0.39, 0.29) is 24.1 Å². The number of sulfonamides is 1. The van der Waals surface area contributed by atoms with Crippen molar-refractivity contribution in [3.63, 3.8) is 0 Å². The fourth-order valence-electron chi connectivity index (χ4n) is 3.02. The lowest BCUT2D eigenvalue weighted by Crippen LogP contribution is -2.44. The molecule has 160 valence electrons. The Bertz CT molecular complexity index is 833. The van der Waals surface area contributed by atoms with E-state index in [1.807, 2.05) is 57.2 Å². The third-order valence-corrected chi connectivity index (χ3v) is 6.39. The molecule has 1 heterocycles. The fraction of sp³-hybridized carbons (Fsp3) is 0.500. The SMILES string of the molecule is CCCCS(=O)(=O)N(CC(=O)N(Cc1ccccc1)Cc1ccco1)CC(C)C. The number of unbranched alkanes of at least 4 members (excludes halogenated alkanes) is 1. The molecule has 0 saturated heterocycles. The number of benzene rings is 1. The van der Waals surface area contributed by atoms with Crippen molar-refractivity contribution in [3.05, 3.63) is 60.1 Å². The van der Waals surface area contributed by atoms with Crippen molar-refractivity contribution in [1.29, 1.82) is 0 Å². The molecule has 6 nitrogen and oxygen atoms in total. The second-order valence-corrected chi connectivity index (χ2v) is 9.76. The Balaban J connectivity index is 2.19. The first-order valence-corrected chi connectivity index (χ1v) is 11.7. The summed E-state index contributed by atoms with van der Waals surface area (Å²) in [6.45, 7) is 6.73. The Morgan fingerprint density at radius 2 is 1.79 bits per heavy atom. The van der Waals surface area contributed by atoms with Gasteiger partial charge in [0.1, 0.15) is 5.76 Å². The van der Waals surface area contributed by atoms with E-state index in [0.717, 1.165) is 12.0 Å². The lowest BCUT2D eigenvalue weighted by molar-refractivity contribution is -0.133. The van der Waals surface area contributed by atoms with E-state index in [2.05, 4.69) is 0 Å². The van der Waals surface area contributed by atoms with E-state index in [4.69, 9.17) is 4.42 Å². The molecule has 2 rings (SSSR count). The second-order valence-electron chi connectivity index (χ2n) is 7.67. The highest BCUT2D eigenvalue weighted by Crippen LogP contribution is 2.14. The summed E-state index contributed by atoms with van der Waals surface area (Å²) in [5.74, 6) is 0.636. The highest BCUT2D eigenvalue weighted by molar-refractivity contribution is 7.89. The van der Waals surface area contributed by atoms with Crippen LogP contribution >= 0.6 is 0 Å². The van der Waals surface area contributed by atoms with Gasteiger partial charge < -0.3 is 9.32 Å². The third kappa shape index (κ3) is 7.66. The molecule has 0 aliphatic rings. The predicted octanol–water partition coefficient (Wildman–Crippen LogP) is 3.90. The summed E-state index contributed by atoms with van der Waals surface area (Å²) in [5.41, 5.74) is 0.983. The number of furan rings is 1. The van der Waals surface area contributed by atoms with Gasteiger partial charge in [-0.3, -0.25) is 4.79 Å². The lowest BCUT2D eigenvalue weighted by Gasteiger charge is -2.28. The van der Waals surface area contributed by atoms with Crippen LogP contribution in [0.15, 0.2) is 53.1 Å². The van der Waals surface area contributed by atoms with Crippen LogP contribution in [0.1, 0.15) is 44.9 Å². The van der Waals surface area contributed by atoms with Crippen LogP contribution in [0.2, 0.25) is 0 Å². The van der Waals surface area contributed by atoms with Crippen LogP contribution in [0, 0.1) is 5.92 Å². The summed E-state index contributed by atoms with van der Waals surface area (Å²) < 4.78 is 32.3. The molecule has 0 spiro atoms. The molecule has 29 heavy (non-hydrogen) atoms. The van der Waals surface area contributed by atoms with Crippen LogP contribution in [0.4, 0.5) is 0 Å². The summed E-state index contributed by atoms with van der Waals surface area (Å²) in [6, 6.07) is 13.3. The molecule has 2 aromatic rings. The summed E-state index contributed by atoms with van der Waals surface area (Å²) >= 11 is 0. The van der Waals surface area contributed by atoms with Gasteiger partial charge in [-0.25, -0.2) is 8.42 Å². The van der Waals surface area contributed by atoms with Gasteiger partial charge in [0.15, 0.2) is 0 Å². The molecule has 1 aromatic heterocycles. The number of rotatable bonds is 12. The molecule has 7 heteroatoms. The number of hydrogen-bond acceptors (Lipinski definition) is 4. The van der Waals surface area contributed by atoms with Gasteiger partial charge in [-0.15, -0.1) is 0 Å². The van der Waals surface area contributed by atoms with Crippen molar-refractivity contribution in [1.82, 2.24) is 9.21 Å². The van der Waals surface area contributed by atoms with Gasteiger partial charge in [0.2, 0.25) is 15.9 Å². The average molecular weight is 421 g/mol. The topological polar surface area (TPSA) is 70.8 Å². The first-order valence-electron chi connectivity index (χ1n) is 10.1. The first kappa shape index (κ1) is 23.2. The monoisotopic (exact) mass is 420 g/mol. The molecule has 0 saturated carbocycles. The molecular formula is C22H32N2O4S. The first-order chi connectivity index (χ1) is 13.8. The van der Waals surface area contributed by atoms with E-state index < -0.39 is 10.0 Å². The molecule has 0 N–H and O–H groups in total. The fourth-order valence-corrected chi connectivity index (χ4v) is 4.76. The van der Waals surface area contributed by atoms with Crippen molar-refractivity contribution in [2.75, 3.05) is 18.8 Å². The smallest absolute Gasteiger partial charge is 0.238 e. The number of carbonyl (C=O) groups is 1. The number of amides is 1. The van der Waals surface area contributed by atoms with Crippen molar-refractivity contribution in [3.8, 4) is 0 Å². The molecular weight excluding hydrogens is 388 g/mol. The molecule has 1 amide bonds. The Morgan fingerprint density at radius 1 is 1.07 bits per heavy atom. The van der Waals surface area contributed by atoms with E-state index in [1.165, 1.54) is 4.31 Å². The summed E-state index contributed by atoms with van der Waals surface area (Å²) in [7, 11) is -3.48. The van der Waals surface area contributed by atoms with Gasteiger partial charge in [-0.2, -0.15) is 4.31 Å². The van der Waals surface area contributed by atoms with Gasteiger partial charge in [0.25, 0.3) is 0 Å². The normalized spacial score (nSPS) is 11.9. The molecule has 1 aromatic carbocycles. The van der Waals surface area contributed by atoms with Gasteiger partial charge in [-0.05, 0) is 30.0 Å². The molecule has 0 radical (unpaired) electrons. The van der Waals surface area contributed by atoms with Gasteiger partial charge in [0.05, 0.1) is 25.1 Å². The van der Waals surface area contributed by atoms with E-state index >= 15 is 0 Å². The van der Waals surface area contributed by atoms with Crippen molar-refractivity contribution in [2.24, 2.45) is 5.92 Å². The Labute approximate surface area is 174 Å². The van der Waals surface area contributed by atoms with E-state index in [1.54, 1.807) is 17.2 Å². The van der Waals surface area contributed by atoms with Crippen LogP contribution in [0.5, 0.6) is 0 Å². The molecule has 0 atom stereocenters. The minimum Gasteiger partial charge on any atom is -0.467 e. The molecule has 0 aliphatic heterocycles. The average Bonchev–Trinajstić information content (AvgIpc) is 3.19. The van der Waals surface area contributed by atoms with Crippen molar-refractivity contribution < 1.29 is 17.6 Å². The zero-order valence-electron chi connectivity index (χ0n) is 17.6. The largest absolute Gasteiger partial charge is 0.467 e. The predicted molar refractivity (Wildman–Crippen MR) is 115 cm³/mol. The highest BCUT2D eigenvalue weighted by atomic mass is 32.2. The molecule has 0 unspecified atom stereocenters. The van der Waals surface area contributed by atoms with Crippen molar-refractivity contribution >= 4 is 15.9 Å². The second kappa shape index (κ2) is 11.2. The minimum absolute atomic E-state index is 0.0698. The highest BCUT2D eigenvalue weighted by Gasteiger charge is 2.27. The Hall–Kier alpha value is -2.12. The van der Waals surface area contributed by atoms with Gasteiger partial charge in [-0.1, -0.05) is 57.5 Å². The van der Waals surface area contributed by atoms with Crippen LogP contribution in [0.3, 0.4) is 0 Å². The molecule has 0 fully saturated rings. The quantitative estimate of drug-likeness (QED) is 0.522. The number of hydrogen-bond donors (Lipinski definition) is 0. The minimum atomic E-state index is -3.48. The Morgan fingerprint density at radius 3 is 2.38 bits per heavy atom. The van der Waals surface area contributed by atoms with Gasteiger partial charge in [0, 0.05) is 13.1 Å². The molecule has 0 bridgehead atoms. The van der Waals surface area contributed by atoms with Crippen LogP contribution < -0.4 is 0 Å². The summed E-state index contributed by atoms with van der Waals surface area (Å²) in [5, 5.41) is 0. The maximum Gasteiger partial charge on any atom is 0.238 e. The third-order valence-electron chi connectivity index (χ3n) is 4.53. The Kier molecular flexibility index (Phi) is 8.92. The van der Waals surface area contributed by atoms with Crippen LogP contribution in [0.25, 0.3) is 0 Å². The number of nitrogens with zero attached hydrogens (tertiary/aromatic N) is 2. The maximum atomic E-state index is 13.2. The molecule has 0 aliphatic carbocycles. The maximum absolute atomic E-state index is 13.2. The lowest BCUT2D eigenvalue weighted by atomic mass is 10.2. The zero-order chi connectivity index (χ0) is 21.3. The van der Waals surface area contributed by atoms with Crippen LogP contribution in [-0.4, -0.2) is 42.4 Å². The summed E-state index contributed by atoms with van der Waals surface area (Å²) in [4.78, 5) is 14.8. The summed E-state index contributed by atoms with van der Waals surface area (Å²) in [6.07, 6.45) is 2.95. The van der Waals surface area contributed by atoms with Crippen LogP contribution in [-0.2, 0) is 27.9 Å². The van der Waals surface area contributed by atoms with Crippen molar-refractivity contribution in [2.45, 2.75) is 46.7 Å². The standard InChI is InChI=1S/C22H32N2O4S/c1-4-5-14-29(26,27)24(15-19(2)3)18-22(25)23(17-21-12-9-13-28-21)16-20-10-7-6-8-11-20/h6-13,19H,4-5,14-18H2,1-3H3. The number of carbonyl (C=O) groups excluding carboxylic acids is 1. The van der Waals surface area contributed by atoms with E-state index in [0.29, 0.717) is 31.8 Å². The van der Waals surface area contributed by atoms with Gasteiger partial charge >= 0.3 is 0 Å².